The maximum absolute atomic E-state index is 12.2. The van der Waals surface area contributed by atoms with Gasteiger partial charge in [0.05, 0.1) is 23.8 Å². The summed E-state index contributed by atoms with van der Waals surface area (Å²) in [6, 6.07) is 5.94. The lowest BCUT2D eigenvalue weighted by atomic mass is 10.1. The highest BCUT2D eigenvalue weighted by atomic mass is 16.6. The summed E-state index contributed by atoms with van der Waals surface area (Å²) in [6.07, 6.45) is -0.993. The first kappa shape index (κ1) is 19.1. The summed E-state index contributed by atoms with van der Waals surface area (Å²) in [5.41, 5.74) is 0.0933. The molecule has 1 aromatic carbocycles. The summed E-state index contributed by atoms with van der Waals surface area (Å²) in [7, 11) is 0. The van der Waals surface area contributed by atoms with Crippen molar-refractivity contribution < 1.29 is 24.2 Å². The molecule has 1 unspecified atom stereocenters. The van der Waals surface area contributed by atoms with Crippen molar-refractivity contribution in [1.29, 1.82) is 0 Å². The fourth-order valence-corrected chi connectivity index (χ4v) is 2.47. The normalized spacial score (nSPS) is 16.6. The zero-order valence-corrected chi connectivity index (χ0v) is 14.9. The molecule has 0 aromatic heterocycles. The van der Waals surface area contributed by atoms with Gasteiger partial charge in [0.15, 0.2) is 0 Å². The average molecular weight is 348 g/mol. The Bertz CT molecular complexity index is 645. The molecule has 2 amide bonds. The van der Waals surface area contributed by atoms with E-state index in [1.54, 1.807) is 52.0 Å². The van der Waals surface area contributed by atoms with Gasteiger partial charge in [-0.1, -0.05) is 12.1 Å². The number of amides is 2. The summed E-state index contributed by atoms with van der Waals surface area (Å²) in [5, 5.41) is 13.0. The predicted molar refractivity (Wildman–Crippen MR) is 91.1 cm³/mol. The van der Waals surface area contributed by atoms with Crippen LogP contribution in [0.15, 0.2) is 24.3 Å². The lowest BCUT2D eigenvalue weighted by Crippen LogP contribution is -2.46. The Balaban J connectivity index is 1.87. The molecule has 0 fully saturated rings. The van der Waals surface area contributed by atoms with E-state index in [1.807, 2.05) is 0 Å². The number of esters is 1. The van der Waals surface area contributed by atoms with Crippen LogP contribution in [-0.2, 0) is 9.53 Å². The zero-order chi connectivity index (χ0) is 18.8. The number of nitrogens with one attached hydrogen (secondary N) is 1. The Morgan fingerprint density at radius 2 is 1.72 bits per heavy atom. The molecule has 1 aliphatic rings. The Morgan fingerprint density at radius 1 is 1.20 bits per heavy atom. The molecule has 7 nitrogen and oxygen atoms in total. The number of nitrogens with zero attached hydrogens (tertiary/aromatic N) is 1. The number of carbonyl (C=O) groups excluding carboxylic acids is 3. The van der Waals surface area contributed by atoms with Gasteiger partial charge in [-0.15, -0.1) is 0 Å². The van der Waals surface area contributed by atoms with Crippen LogP contribution < -0.4 is 5.32 Å². The summed E-state index contributed by atoms with van der Waals surface area (Å²) >= 11 is 0. The van der Waals surface area contributed by atoms with Gasteiger partial charge in [0.25, 0.3) is 11.8 Å². The Labute approximate surface area is 147 Å². The molecule has 1 heterocycles. The van der Waals surface area contributed by atoms with Crippen LogP contribution in [0.25, 0.3) is 0 Å². The minimum atomic E-state index is -0.993. The first-order chi connectivity index (χ1) is 11.6. The van der Waals surface area contributed by atoms with E-state index >= 15 is 0 Å². The molecular formula is C18H24N2O5. The van der Waals surface area contributed by atoms with Gasteiger partial charge in [-0.05, 0) is 39.8 Å². The number of benzene rings is 1. The maximum atomic E-state index is 12.2. The molecule has 0 bridgehead atoms. The van der Waals surface area contributed by atoms with Gasteiger partial charge in [-0.25, -0.2) is 0 Å². The second-order valence-corrected chi connectivity index (χ2v) is 7.08. The standard InChI is InChI=1S/C18H24N2O5/c1-11(17(24)25-18(2,3)4)19-9-12(21)10-20-15(22)13-7-5-6-8-14(13)16(20)23/h5-8,11-12,19,21H,9-10H2,1-4H3/t11-,12?/m0/s1. The van der Waals surface area contributed by atoms with Crippen LogP contribution in [0, 0.1) is 0 Å². The van der Waals surface area contributed by atoms with Crippen molar-refractivity contribution in [2.24, 2.45) is 0 Å². The number of imide groups is 1. The van der Waals surface area contributed by atoms with Crippen LogP contribution >= 0.6 is 0 Å². The molecule has 0 spiro atoms. The SMILES string of the molecule is C[C@H](NCC(O)CN1C(=O)c2ccccc2C1=O)C(=O)OC(C)(C)C. The second kappa shape index (κ2) is 7.33. The number of β-amino-alcohol motifs (C(OH)–C–C–N with tert-alkyl or cyclic N) is 1. The summed E-state index contributed by atoms with van der Waals surface area (Å²) in [5.74, 6) is -1.26. The zero-order valence-electron chi connectivity index (χ0n) is 14.9. The third-order valence-electron chi connectivity index (χ3n) is 3.69. The molecule has 136 valence electrons. The largest absolute Gasteiger partial charge is 0.459 e. The first-order valence-electron chi connectivity index (χ1n) is 8.19. The molecular weight excluding hydrogens is 324 g/mol. The second-order valence-electron chi connectivity index (χ2n) is 7.08. The van der Waals surface area contributed by atoms with Gasteiger partial charge in [-0.2, -0.15) is 0 Å². The number of carbonyl (C=O) groups is 3. The fourth-order valence-electron chi connectivity index (χ4n) is 2.47. The Hall–Kier alpha value is -2.25. The van der Waals surface area contributed by atoms with Gasteiger partial charge in [0.2, 0.25) is 0 Å². The van der Waals surface area contributed by atoms with E-state index in [0.29, 0.717) is 11.1 Å². The summed E-state index contributed by atoms with van der Waals surface area (Å²) in [4.78, 5) is 37.4. The van der Waals surface area contributed by atoms with Gasteiger partial charge >= 0.3 is 5.97 Å². The third-order valence-corrected chi connectivity index (χ3v) is 3.69. The quantitative estimate of drug-likeness (QED) is 0.587. The van der Waals surface area contributed by atoms with E-state index in [4.69, 9.17) is 4.74 Å². The first-order valence-corrected chi connectivity index (χ1v) is 8.19. The highest BCUT2D eigenvalue weighted by molar-refractivity contribution is 6.21. The van der Waals surface area contributed by atoms with Gasteiger partial charge in [-0.3, -0.25) is 19.3 Å². The van der Waals surface area contributed by atoms with E-state index in [1.165, 1.54) is 0 Å². The molecule has 2 N–H and O–H groups in total. The molecule has 1 aliphatic heterocycles. The van der Waals surface area contributed by atoms with Crippen molar-refractivity contribution in [3.63, 3.8) is 0 Å². The van der Waals surface area contributed by atoms with E-state index in [-0.39, 0.29) is 13.1 Å². The van der Waals surface area contributed by atoms with E-state index in [9.17, 15) is 19.5 Å². The molecule has 1 aromatic rings. The summed E-state index contributed by atoms with van der Waals surface area (Å²) in [6.45, 7) is 6.86. The van der Waals surface area contributed by atoms with Crippen molar-refractivity contribution in [3.8, 4) is 0 Å². The number of rotatable bonds is 6. The highest BCUT2D eigenvalue weighted by Crippen LogP contribution is 2.22. The number of aliphatic hydroxyl groups is 1. The van der Waals surface area contributed by atoms with Crippen molar-refractivity contribution in [1.82, 2.24) is 10.2 Å². The molecule has 0 saturated carbocycles. The molecule has 25 heavy (non-hydrogen) atoms. The lowest BCUT2D eigenvalue weighted by molar-refractivity contribution is -0.157. The smallest absolute Gasteiger partial charge is 0.323 e. The van der Waals surface area contributed by atoms with Crippen molar-refractivity contribution in [2.45, 2.75) is 45.4 Å². The Kier molecular flexibility index (Phi) is 5.59. The average Bonchev–Trinajstić information content (AvgIpc) is 2.76. The van der Waals surface area contributed by atoms with Gasteiger partial charge in [0.1, 0.15) is 11.6 Å². The molecule has 2 atom stereocenters. The van der Waals surface area contributed by atoms with E-state index in [0.717, 1.165) is 4.90 Å². The molecule has 0 radical (unpaired) electrons. The van der Waals surface area contributed by atoms with Crippen LogP contribution in [0.5, 0.6) is 0 Å². The lowest BCUT2D eigenvalue weighted by Gasteiger charge is -2.24. The van der Waals surface area contributed by atoms with Crippen LogP contribution in [-0.4, -0.2) is 58.6 Å². The monoisotopic (exact) mass is 348 g/mol. The van der Waals surface area contributed by atoms with Crippen LogP contribution in [0.1, 0.15) is 48.4 Å². The predicted octanol–water partition coefficient (Wildman–Crippen LogP) is 0.963. The fraction of sp³-hybridized carbons (Fsp3) is 0.500. The van der Waals surface area contributed by atoms with Crippen molar-refractivity contribution in [2.75, 3.05) is 13.1 Å². The van der Waals surface area contributed by atoms with Crippen LogP contribution in [0.2, 0.25) is 0 Å². The number of hydrogen-bond donors (Lipinski definition) is 2. The topological polar surface area (TPSA) is 95.9 Å². The molecule has 0 saturated heterocycles. The van der Waals surface area contributed by atoms with Crippen LogP contribution in [0.4, 0.5) is 0 Å². The Morgan fingerprint density at radius 3 is 2.20 bits per heavy atom. The van der Waals surface area contributed by atoms with Gasteiger partial charge < -0.3 is 15.2 Å². The molecule has 2 rings (SSSR count). The minimum Gasteiger partial charge on any atom is -0.459 e. The number of hydrogen-bond acceptors (Lipinski definition) is 6. The van der Waals surface area contributed by atoms with Crippen molar-refractivity contribution >= 4 is 17.8 Å². The van der Waals surface area contributed by atoms with Crippen LogP contribution in [0.3, 0.4) is 0 Å². The van der Waals surface area contributed by atoms with E-state index < -0.39 is 35.5 Å². The van der Waals surface area contributed by atoms with Gasteiger partial charge in [0, 0.05) is 6.54 Å². The maximum Gasteiger partial charge on any atom is 0.323 e. The minimum absolute atomic E-state index is 0.0494. The molecule has 0 aliphatic carbocycles. The highest BCUT2D eigenvalue weighted by Gasteiger charge is 2.36. The van der Waals surface area contributed by atoms with E-state index in [2.05, 4.69) is 5.32 Å². The summed E-state index contributed by atoms with van der Waals surface area (Å²) < 4.78 is 5.24. The number of ether oxygens (including phenoxy) is 1. The third kappa shape index (κ3) is 4.64. The van der Waals surface area contributed by atoms with Crippen molar-refractivity contribution in [3.05, 3.63) is 35.4 Å². The number of aliphatic hydroxyl groups excluding tert-OH is 1. The number of fused-ring (bicyclic) bond motifs is 1. The molecule has 7 heteroatoms.